The highest BCUT2D eigenvalue weighted by Crippen LogP contribution is 2.70. The van der Waals surface area contributed by atoms with Crippen molar-refractivity contribution in [2.45, 2.75) is 72.0 Å². The van der Waals surface area contributed by atoms with Crippen LogP contribution in [0, 0.1) is 0 Å². The molecule has 0 bridgehead atoms. The molecule has 8 heterocycles. The Labute approximate surface area is 333 Å². The van der Waals surface area contributed by atoms with Gasteiger partial charge < -0.3 is 39.2 Å². The zero-order valence-electron chi connectivity index (χ0n) is 34.8. The Morgan fingerprint density at radius 1 is 0.375 bits per heavy atom. The monoisotopic (exact) mass is 751 g/mol. The molecule has 0 unspecified atom stereocenters. The zero-order valence-corrected chi connectivity index (χ0v) is 34.8. The molecule has 4 N–H and O–H groups in total. The van der Waals surface area contributed by atoms with Gasteiger partial charge in [0.1, 0.15) is 10.8 Å². The Balaban J connectivity index is 1.10. The Hall–Kier alpha value is -4.08. The molecule has 12 rings (SSSR count). The molecule has 4 aromatic rings. The molecule has 0 amide bonds. The highest BCUT2D eigenvalue weighted by Gasteiger charge is 2.78. The lowest BCUT2D eigenvalue weighted by molar-refractivity contribution is -0.906. The van der Waals surface area contributed by atoms with Crippen molar-refractivity contribution in [1.29, 1.82) is 0 Å². The molecule has 4 fully saturated rings. The first-order valence-corrected chi connectivity index (χ1v) is 21.5. The normalized spacial score (nSPS) is 38.5. The van der Waals surface area contributed by atoms with Gasteiger partial charge in [0.15, 0.2) is 24.7 Å². The molecule has 8 aliphatic heterocycles. The third kappa shape index (κ3) is 3.57. The summed E-state index contributed by atoms with van der Waals surface area (Å²) >= 11 is 0. The molecule has 4 saturated heterocycles. The van der Waals surface area contributed by atoms with Crippen LogP contribution in [-0.2, 0) is 21.7 Å². The van der Waals surface area contributed by atoms with Gasteiger partial charge in [-0.25, -0.2) is 0 Å². The van der Waals surface area contributed by atoms with Crippen LogP contribution in [-0.4, -0.2) is 125 Å². The minimum Gasteiger partial charge on any atom is -0.335 e. The van der Waals surface area contributed by atoms with E-state index in [0.29, 0.717) is 6.17 Å². The lowest BCUT2D eigenvalue weighted by Gasteiger charge is -2.47. The second-order valence-electron chi connectivity index (χ2n) is 21.6. The van der Waals surface area contributed by atoms with E-state index in [1.807, 2.05) is 0 Å². The summed E-state index contributed by atoms with van der Waals surface area (Å²) in [5.74, 6) is 0. The van der Waals surface area contributed by atoms with E-state index >= 15 is 0 Å². The van der Waals surface area contributed by atoms with Crippen molar-refractivity contribution < 1.29 is 17.9 Å². The van der Waals surface area contributed by atoms with Gasteiger partial charge in [-0.05, 0) is 45.5 Å². The fraction of sp³-hybridized carbons (Fsp3) is 0.500. The van der Waals surface area contributed by atoms with Crippen LogP contribution in [0.25, 0.3) is 0 Å². The molecule has 4 aromatic carbocycles. The molecule has 0 aromatic heterocycles. The number of benzene rings is 4. The molecule has 8 aliphatic rings. The maximum absolute atomic E-state index is 4.50. The molecular formula is C48H62N8+4. The summed E-state index contributed by atoms with van der Waals surface area (Å²) in [6.07, 6.45) is 5.76. The van der Waals surface area contributed by atoms with Gasteiger partial charge in [0.2, 0.25) is 0 Å². The van der Waals surface area contributed by atoms with E-state index in [0.717, 1.165) is 43.9 Å². The molecule has 0 saturated carbocycles. The van der Waals surface area contributed by atoms with E-state index in [2.05, 4.69) is 163 Å². The van der Waals surface area contributed by atoms with Crippen LogP contribution in [0.3, 0.4) is 0 Å². The Morgan fingerprint density at radius 3 is 1.34 bits per heavy atom. The predicted octanol–water partition coefficient (Wildman–Crippen LogP) is 6.36. The van der Waals surface area contributed by atoms with Crippen molar-refractivity contribution >= 4 is 22.7 Å². The predicted molar refractivity (Wildman–Crippen MR) is 227 cm³/mol. The number of nitrogens with one attached hydrogen (secondary N) is 4. The van der Waals surface area contributed by atoms with Crippen LogP contribution in [0.15, 0.2) is 84.9 Å². The average molecular weight is 751 g/mol. The number of fused-ring (bicyclic) bond motifs is 13. The molecule has 8 heteroatoms. The second kappa shape index (κ2) is 10.1. The van der Waals surface area contributed by atoms with Gasteiger partial charge in [0, 0.05) is 48.4 Å². The smallest absolute Gasteiger partial charge is 0.176 e. The van der Waals surface area contributed by atoms with E-state index in [4.69, 9.17) is 0 Å². The number of hydrogen-bond acceptors (Lipinski definition) is 4. The number of likely N-dealkylation sites (N-methyl/N-ethyl adjacent to an activating group) is 4. The summed E-state index contributed by atoms with van der Waals surface area (Å²) < 4.78 is 3.91. The first-order valence-electron chi connectivity index (χ1n) is 21.5. The van der Waals surface area contributed by atoms with Crippen LogP contribution in [0.4, 0.5) is 22.7 Å². The summed E-state index contributed by atoms with van der Waals surface area (Å²) in [6, 6.07) is 33.5. The van der Waals surface area contributed by atoms with Crippen molar-refractivity contribution in [2.75, 3.05) is 104 Å². The summed E-state index contributed by atoms with van der Waals surface area (Å²) in [5, 5.41) is 17.2. The Morgan fingerprint density at radius 2 is 0.732 bits per heavy atom. The fourth-order valence-electron chi connectivity index (χ4n) is 15.4. The summed E-state index contributed by atoms with van der Waals surface area (Å²) in [7, 11) is 19.7. The van der Waals surface area contributed by atoms with Gasteiger partial charge in [0.05, 0.1) is 93.4 Å². The van der Waals surface area contributed by atoms with E-state index < -0.39 is 0 Å². The topological polar surface area (TPSA) is 48.1 Å². The summed E-state index contributed by atoms with van der Waals surface area (Å²) in [6.45, 7) is 4.63. The Bertz CT molecular complexity index is 2380. The van der Waals surface area contributed by atoms with Gasteiger partial charge in [0.25, 0.3) is 0 Å². The van der Waals surface area contributed by atoms with Crippen molar-refractivity contribution in [1.82, 2.24) is 0 Å². The van der Waals surface area contributed by atoms with Crippen LogP contribution in [0.1, 0.15) is 59.1 Å². The third-order valence-electron chi connectivity index (χ3n) is 17.8. The SMILES string of the molecule is C[N+]1(C)CC[C@@]2([C@]34CC[N+](C)(C)[C@H]3Nc3c([C@]56CC[N+](C)(C)[C@H]5Nc5c([C@]78CC[N+](C)(C)[C@H]7Nc7ccccc78)cccc56)cccc34)c3ccccc3N[C@H]21. The van der Waals surface area contributed by atoms with E-state index in [-0.39, 0.29) is 40.2 Å². The summed E-state index contributed by atoms with van der Waals surface area (Å²) in [4.78, 5) is 0. The molecule has 290 valence electrons. The van der Waals surface area contributed by atoms with Gasteiger partial charge in [-0.2, -0.15) is 0 Å². The Kier molecular flexibility index (Phi) is 6.15. The van der Waals surface area contributed by atoms with Crippen LogP contribution < -0.4 is 21.3 Å². The zero-order chi connectivity index (χ0) is 38.5. The minimum atomic E-state index is -0.168. The fourth-order valence-corrected chi connectivity index (χ4v) is 15.4. The largest absolute Gasteiger partial charge is 0.335 e. The molecule has 8 atom stereocenters. The average Bonchev–Trinajstić information content (AvgIpc) is 4.03. The molecular weight excluding hydrogens is 689 g/mol. The van der Waals surface area contributed by atoms with Gasteiger partial charge in [-0.1, -0.05) is 72.8 Å². The van der Waals surface area contributed by atoms with Gasteiger partial charge in [-0.15, -0.1) is 0 Å². The third-order valence-corrected chi connectivity index (χ3v) is 17.8. The molecule has 0 radical (unpaired) electrons. The lowest BCUT2D eigenvalue weighted by atomic mass is 9.54. The standard InChI is InChI=1S/C48H62N8/c1-53(2)27-23-45(31-15-9-11-21-37(31)49-41(45)53)33-17-13-18-34-39(33)51-42-46(34,24-28-54(42,3)4)35-19-14-20-36-40(35)52-44-48(36,26-30-56(44,7)8)47-25-29-55(5,6)43(47)50-38-22-12-10-16-32(38)47/h9-22,41-44,49-52H,23-30H2,1-8H3/q+4/t41-,42-,43+,44-,45-,46-,47-,48+/m1/s1. The molecule has 56 heavy (non-hydrogen) atoms. The highest BCUT2D eigenvalue weighted by molar-refractivity contribution is 5.81. The number of hydrogen-bond donors (Lipinski definition) is 4. The number of quaternary nitrogens is 4. The van der Waals surface area contributed by atoms with Crippen molar-refractivity contribution in [3.63, 3.8) is 0 Å². The number of anilines is 4. The van der Waals surface area contributed by atoms with E-state index in [9.17, 15) is 0 Å². The van der Waals surface area contributed by atoms with E-state index in [1.54, 1.807) is 11.1 Å². The highest BCUT2D eigenvalue weighted by atomic mass is 15.5. The molecule has 0 spiro atoms. The number of para-hydroxylation sites is 4. The maximum Gasteiger partial charge on any atom is 0.176 e. The second-order valence-corrected chi connectivity index (χ2v) is 21.6. The van der Waals surface area contributed by atoms with E-state index in [1.165, 1.54) is 70.9 Å². The quantitative estimate of drug-likeness (QED) is 0.184. The first kappa shape index (κ1) is 34.0. The number of nitrogens with zero attached hydrogens (tertiary/aromatic N) is 4. The lowest BCUT2D eigenvalue weighted by Crippen LogP contribution is -2.65. The van der Waals surface area contributed by atoms with Crippen molar-refractivity contribution in [3.05, 3.63) is 118 Å². The van der Waals surface area contributed by atoms with Crippen LogP contribution >= 0.6 is 0 Å². The molecule has 0 aliphatic carbocycles. The molecule has 8 nitrogen and oxygen atoms in total. The van der Waals surface area contributed by atoms with Gasteiger partial charge >= 0.3 is 0 Å². The first-order chi connectivity index (χ1) is 26.7. The summed E-state index contributed by atoms with van der Waals surface area (Å²) in [5.41, 5.74) is 14.3. The number of likely N-dealkylation sites (tertiary alicyclic amines) is 4. The maximum atomic E-state index is 4.50. The van der Waals surface area contributed by atoms with Crippen LogP contribution in [0.5, 0.6) is 0 Å². The van der Waals surface area contributed by atoms with Crippen molar-refractivity contribution in [2.24, 2.45) is 0 Å². The van der Waals surface area contributed by atoms with Crippen LogP contribution in [0.2, 0.25) is 0 Å². The van der Waals surface area contributed by atoms with Crippen molar-refractivity contribution in [3.8, 4) is 0 Å². The minimum absolute atomic E-state index is 0.0215. The van der Waals surface area contributed by atoms with Gasteiger partial charge in [-0.3, -0.25) is 0 Å². The number of rotatable bonds is 3.